The molecule has 1 heterocycles. The molecule has 0 bridgehead atoms. The molecule has 1 aromatic heterocycles. The van der Waals surface area contributed by atoms with Gasteiger partial charge in [-0.15, -0.1) is 10.2 Å². The molecule has 130 valence electrons. The van der Waals surface area contributed by atoms with Gasteiger partial charge in [0.1, 0.15) is 5.75 Å². The first-order valence-corrected chi connectivity index (χ1v) is 9.56. The second-order valence-corrected chi connectivity index (χ2v) is 7.37. The van der Waals surface area contributed by atoms with Crippen LogP contribution in [-0.4, -0.2) is 39.3 Å². The summed E-state index contributed by atoms with van der Waals surface area (Å²) in [5.41, 5.74) is 1.05. The van der Waals surface area contributed by atoms with Crippen molar-refractivity contribution in [1.82, 2.24) is 14.8 Å². The van der Waals surface area contributed by atoms with E-state index >= 15 is 0 Å². The second kappa shape index (κ2) is 8.03. The zero-order valence-electron chi connectivity index (χ0n) is 14.3. The highest BCUT2D eigenvalue weighted by Gasteiger charge is 2.28. The first-order chi connectivity index (χ1) is 11.7. The van der Waals surface area contributed by atoms with Gasteiger partial charge >= 0.3 is 0 Å². The minimum atomic E-state index is 0.148. The summed E-state index contributed by atoms with van der Waals surface area (Å²) in [6.45, 7) is 2.47. The highest BCUT2D eigenvalue weighted by molar-refractivity contribution is 7.99. The van der Waals surface area contributed by atoms with Crippen LogP contribution in [0.25, 0.3) is 11.4 Å². The summed E-state index contributed by atoms with van der Waals surface area (Å²) in [5.74, 6) is 3.00. The van der Waals surface area contributed by atoms with E-state index in [1.165, 1.54) is 19.3 Å². The van der Waals surface area contributed by atoms with Gasteiger partial charge in [-0.25, -0.2) is 0 Å². The fourth-order valence-corrected chi connectivity index (χ4v) is 4.16. The maximum atomic E-state index is 9.17. The van der Waals surface area contributed by atoms with Gasteiger partial charge in [0.2, 0.25) is 0 Å². The van der Waals surface area contributed by atoms with Gasteiger partial charge in [-0.1, -0.05) is 31.5 Å². The fourth-order valence-electron chi connectivity index (χ4n) is 3.43. The lowest BCUT2D eigenvalue weighted by Crippen LogP contribution is -2.22. The number of aromatic nitrogens is 3. The molecule has 2 aromatic rings. The average molecular weight is 347 g/mol. The smallest absolute Gasteiger partial charge is 0.191 e. The Morgan fingerprint density at radius 1 is 1.21 bits per heavy atom. The van der Waals surface area contributed by atoms with E-state index < -0.39 is 0 Å². The monoisotopic (exact) mass is 347 g/mol. The minimum absolute atomic E-state index is 0.148. The van der Waals surface area contributed by atoms with Gasteiger partial charge in [0.05, 0.1) is 13.7 Å². The zero-order chi connectivity index (χ0) is 16.9. The maximum Gasteiger partial charge on any atom is 0.191 e. The van der Waals surface area contributed by atoms with Crippen LogP contribution in [0.15, 0.2) is 29.4 Å². The van der Waals surface area contributed by atoms with Gasteiger partial charge in [0.15, 0.2) is 11.0 Å². The number of hydrogen-bond acceptors (Lipinski definition) is 5. The quantitative estimate of drug-likeness (QED) is 0.806. The number of nitrogens with zero attached hydrogens (tertiary/aromatic N) is 3. The largest absolute Gasteiger partial charge is 0.497 e. The fraction of sp³-hybridized carbons (Fsp3) is 0.556. The first kappa shape index (κ1) is 17.3. The van der Waals surface area contributed by atoms with Gasteiger partial charge in [0, 0.05) is 17.4 Å². The zero-order valence-corrected chi connectivity index (χ0v) is 15.1. The molecule has 1 aliphatic rings. The lowest BCUT2D eigenvalue weighted by Gasteiger charge is -2.31. The molecule has 3 rings (SSSR count). The summed E-state index contributed by atoms with van der Waals surface area (Å²) in [6.07, 6.45) is 4.96. The Balaban J connectivity index is 1.99. The van der Waals surface area contributed by atoms with Gasteiger partial charge in [-0.3, -0.25) is 4.57 Å². The molecule has 0 saturated heterocycles. The third-order valence-corrected chi connectivity index (χ3v) is 5.66. The van der Waals surface area contributed by atoms with Crippen molar-refractivity contribution in [3.05, 3.63) is 24.3 Å². The van der Waals surface area contributed by atoms with E-state index in [0.29, 0.717) is 17.7 Å². The molecule has 0 radical (unpaired) electrons. The summed E-state index contributed by atoms with van der Waals surface area (Å²) in [5, 5.41) is 19.0. The van der Waals surface area contributed by atoms with E-state index in [9.17, 15) is 5.11 Å². The van der Waals surface area contributed by atoms with Crippen molar-refractivity contribution in [2.75, 3.05) is 19.5 Å². The number of thioether (sulfide) groups is 1. The van der Waals surface area contributed by atoms with Crippen LogP contribution in [0.3, 0.4) is 0 Å². The van der Waals surface area contributed by atoms with E-state index in [0.717, 1.165) is 28.7 Å². The van der Waals surface area contributed by atoms with Crippen molar-refractivity contribution in [2.45, 2.75) is 43.8 Å². The Morgan fingerprint density at radius 2 is 1.96 bits per heavy atom. The minimum Gasteiger partial charge on any atom is -0.497 e. The highest BCUT2D eigenvalue weighted by Crippen LogP contribution is 2.39. The van der Waals surface area contributed by atoms with Crippen LogP contribution in [0.1, 0.15) is 38.6 Å². The van der Waals surface area contributed by atoms with E-state index in [-0.39, 0.29) is 6.61 Å². The lowest BCUT2D eigenvalue weighted by molar-refractivity contribution is 0.247. The number of rotatable bonds is 6. The molecule has 0 spiro atoms. The lowest BCUT2D eigenvalue weighted by atomic mass is 9.85. The standard InChI is InChI=1S/C18H25N3O2S/c1-13-5-3-4-6-16(13)21-17(19-20-18(21)24-12-11-22)14-7-9-15(23-2)10-8-14/h7-10,13,16,22H,3-6,11-12H2,1-2H3/t13-,16+/m1/s1. The number of aliphatic hydroxyl groups is 1. The van der Waals surface area contributed by atoms with Crippen LogP contribution >= 0.6 is 11.8 Å². The van der Waals surface area contributed by atoms with E-state index in [4.69, 9.17) is 4.74 Å². The summed E-state index contributed by atoms with van der Waals surface area (Å²) >= 11 is 1.58. The highest BCUT2D eigenvalue weighted by atomic mass is 32.2. The van der Waals surface area contributed by atoms with Crippen molar-refractivity contribution in [1.29, 1.82) is 0 Å². The van der Waals surface area contributed by atoms with Crippen LogP contribution in [-0.2, 0) is 0 Å². The van der Waals surface area contributed by atoms with Crippen molar-refractivity contribution < 1.29 is 9.84 Å². The molecule has 2 atom stereocenters. The van der Waals surface area contributed by atoms with Crippen LogP contribution in [0.2, 0.25) is 0 Å². The Bertz CT molecular complexity index is 657. The molecule has 5 nitrogen and oxygen atoms in total. The van der Waals surface area contributed by atoms with E-state index in [1.807, 2.05) is 24.3 Å². The second-order valence-electron chi connectivity index (χ2n) is 6.31. The Labute approximate surface area is 147 Å². The molecule has 0 aliphatic heterocycles. The molecule has 1 saturated carbocycles. The number of hydrogen-bond donors (Lipinski definition) is 1. The van der Waals surface area contributed by atoms with Crippen molar-refractivity contribution >= 4 is 11.8 Å². The average Bonchev–Trinajstić information content (AvgIpc) is 3.04. The number of ether oxygens (including phenoxy) is 1. The Kier molecular flexibility index (Phi) is 5.79. The van der Waals surface area contributed by atoms with E-state index in [2.05, 4.69) is 21.7 Å². The summed E-state index contributed by atoms with van der Waals surface area (Å²) < 4.78 is 7.55. The van der Waals surface area contributed by atoms with Gasteiger partial charge in [0.25, 0.3) is 0 Å². The summed E-state index contributed by atoms with van der Waals surface area (Å²) in [6, 6.07) is 8.41. The third kappa shape index (κ3) is 3.59. The molecular formula is C18H25N3O2S. The summed E-state index contributed by atoms with van der Waals surface area (Å²) in [7, 11) is 1.67. The Morgan fingerprint density at radius 3 is 2.62 bits per heavy atom. The van der Waals surface area contributed by atoms with Gasteiger partial charge in [-0.05, 0) is 43.0 Å². The summed E-state index contributed by atoms with van der Waals surface area (Å²) in [4.78, 5) is 0. The molecule has 0 amide bonds. The number of methoxy groups -OCH3 is 1. The molecule has 1 N–H and O–H groups in total. The SMILES string of the molecule is COc1ccc(-c2nnc(SCCO)n2[C@H]2CCCC[C@H]2C)cc1. The molecule has 0 unspecified atom stereocenters. The first-order valence-electron chi connectivity index (χ1n) is 8.57. The normalized spacial score (nSPS) is 21.0. The maximum absolute atomic E-state index is 9.17. The molecule has 6 heteroatoms. The van der Waals surface area contributed by atoms with Crippen LogP contribution in [0.5, 0.6) is 5.75 Å². The van der Waals surface area contributed by atoms with Crippen molar-refractivity contribution in [2.24, 2.45) is 5.92 Å². The number of aliphatic hydroxyl groups excluding tert-OH is 1. The van der Waals surface area contributed by atoms with Crippen LogP contribution in [0, 0.1) is 5.92 Å². The van der Waals surface area contributed by atoms with Crippen molar-refractivity contribution in [3.8, 4) is 17.1 Å². The predicted molar refractivity (Wildman–Crippen MR) is 96.5 cm³/mol. The molecular weight excluding hydrogens is 322 g/mol. The molecule has 1 fully saturated rings. The van der Waals surface area contributed by atoms with Crippen LogP contribution < -0.4 is 4.74 Å². The third-order valence-electron chi connectivity index (χ3n) is 4.73. The molecule has 24 heavy (non-hydrogen) atoms. The van der Waals surface area contributed by atoms with Crippen molar-refractivity contribution in [3.63, 3.8) is 0 Å². The molecule has 1 aliphatic carbocycles. The topological polar surface area (TPSA) is 60.2 Å². The van der Waals surface area contributed by atoms with Gasteiger partial charge in [-0.2, -0.15) is 0 Å². The van der Waals surface area contributed by atoms with E-state index in [1.54, 1.807) is 18.9 Å². The van der Waals surface area contributed by atoms with Crippen LogP contribution in [0.4, 0.5) is 0 Å². The molecule has 1 aromatic carbocycles. The Hall–Kier alpha value is -1.53. The predicted octanol–water partition coefficient (Wildman–Crippen LogP) is 3.79. The number of benzene rings is 1. The van der Waals surface area contributed by atoms with Gasteiger partial charge < -0.3 is 9.84 Å².